The van der Waals surface area contributed by atoms with Crippen molar-refractivity contribution in [2.75, 3.05) is 5.32 Å². The van der Waals surface area contributed by atoms with Crippen LogP contribution in [-0.2, 0) is 7.05 Å². The lowest BCUT2D eigenvalue weighted by molar-refractivity contribution is -0.384. The molecule has 1 saturated carbocycles. The lowest BCUT2D eigenvalue weighted by Gasteiger charge is -2.21. The summed E-state index contributed by atoms with van der Waals surface area (Å²) in [6.07, 6.45) is 3.43. The third-order valence-electron chi connectivity index (χ3n) is 4.85. The average molecular weight is 294 g/mol. The van der Waals surface area contributed by atoms with Crippen LogP contribution in [0.2, 0.25) is 0 Å². The van der Waals surface area contributed by atoms with Gasteiger partial charge in [0.1, 0.15) is 5.69 Å². The Morgan fingerprint density at radius 1 is 1.48 bits per heavy atom. The number of hydrogen-bond acceptors (Lipinski definition) is 4. The van der Waals surface area contributed by atoms with Crippen LogP contribution in [0.4, 0.5) is 11.5 Å². The van der Waals surface area contributed by atoms with E-state index in [1.807, 2.05) is 13.8 Å². The van der Waals surface area contributed by atoms with Gasteiger partial charge in [0.15, 0.2) is 0 Å². The molecule has 1 aliphatic carbocycles. The highest BCUT2D eigenvalue weighted by Gasteiger charge is 2.35. The Morgan fingerprint density at radius 2 is 2.14 bits per heavy atom. The summed E-state index contributed by atoms with van der Waals surface area (Å²) < 4.78 is 1.62. The van der Waals surface area contributed by atoms with E-state index in [-0.39, 0.29) is 16.5 Å². The summed E-state index contributed by atoms with van der Waals surface area (Å²) in [6, 6.07) is 0.295. The van der Waals surface area contributed by atoms with Gasteiger partial charge in [0.05, 0.1) is 4.92 Å². The molecular weight excluding hydrogens is 268 g/mol. The number of aryl methyl sites for hydroxylation is 1. The molecule has 0 aliphatic heterocycles. The lowest BCUT2D eigenvalue weighted by Crippen LogP contribution is -2.26. The first-order valence-electron chi connectivity index (χ1n) is 7.84. The minimum absolute atomic E-state index is 0.0385. The molecule has 3 unspecified atom stereocenters. The topological polar surface area (TPSA) is 73.0 Å². The highest BCUT2D eigenvalue weighted by Crippen LogP contribution is 2.39. The van der Waals surface area contributed by atoms with E-state index in [1.54, 1.807) is 11.7 Å². The van der Waals surface area contributed by atoms with Crippen LogP contribution in [0.5, 0.6) is 0 Å². The molecule has 118 valence electrons. The minimum Gasteiger partial charge on any atom is -0.362 e. The largest absolute Gasteiger partial charge is 0.362 e. The van der Waals surface area contributed by atoms with Crippen molar-refractivity contribution in [1.82, 2.24) is 9.78 Å². The fraction of sp³-hybridized carbons (Fsp3) is 0.800. The molecule has 1 fully saturated rings. The van der Waals surface area contributed by atoms with Gasteiger partial charge < -0.3 is 5.32 Å². The van der Waals surface area contributed by atoms with Crippen LogP contribution in [0.3, 0.4) is 0 Å². The maximum absolute atomic E-state index is 11.4. The van der Waals surface area contributed by atoms with Crippen LogP contribution in [0.1, 0.15) is 58.6 Å². The molecule has 0 spiro atoms. The average Bonchev–Trinajstić information content (AvgIpc) is 2.92. The minimum atomic E-state index is -0.304. The first-order chi connectivity index (χ1) is 9.86. The Bertz CT molecular complexity index is 524. The summed E-state index contributed by atoms with van der Waals surface area (Å²) in [7, 11) is 1.78. The van der Waals surface area contributed by atoms with E-state index < -0.39 is 0 Å². The van der Waals surface area contributed by atoms with Crippen LogP contribution in [0.25, 0.3) is 0 Å². The first kappa shape index (κ1) is 15.8. The maximum atomic E-state index is 11.4. The van der Waals surface area contributed by atoms with Gasteiger partial charge in [-0.2, -0.15) is 5.10 Å². The SMILES string of the molecule is CCC1CCC(Nc2c([N+](=O)[O-])c(C(C)C)nn2C)C1C. The third kappa shape index (κ3) is 2.89. The molecule has 1 aromatic heterocycles. The van der Waals surface area contributed by atoms with E-state index in [0.29, 0.717) is 29.4 Å². The van der Waals surface area contributed by atoms with E-state index in [2.05, 4.69) is 24.3 Å². The first-order valence-corrected chi connectivity index (χ1v) is 7.84. The van der Waals surface area contributed by atoms with E-state index in [9.17, 15) is 10.1 Å². The van der Waals surface area contributed by atoms with Gasteiger partial charge in [-0.15, -0.1) is 0 Å². The Hall–Kier alpha value is -1.59. The highest BCUT2D eigenvalue weighted by atomic mass is 16.6. The fourth-order valence-corrected chi connectivity index (χ4v) is 3.47. The predicted molar refractivity (Wildman–Crippen MR) is 83.5 cm³/mol. The van der Waals surface area contributed by atoms with Crippen molar-refractivity contribution < 1.29 is 4.92 Å². The van der Waals surface area contributed by atoms with Gasteiger partial charge in [-0.05, 0) is 24.7 Å². The summed E-state index contributed by atoms with van der Waals surface area (Å²) in [5.41, 5.74) is 0.697. The second-order valence-electron chi connectivity index (χ2n) is 6.47. The van der Waals surface area contributed by atoms with E-state index in [0.717, 1.165) is 6.42 Å². The summed E-state index contributed by atoms with van der Waals surface area (Å²) in [5, 5.41) is 19.2. The lowest BCUT2D eigenvalue weighted by atomic mass is 9.93. The molecule has 2 rings (SSSR count). The number of nitro groups is 1. The molecule has 6 heteroatoms. The second kappa shape index (κ2) is 6.03. The molecule has 0 radical (unpaired) electrons. The van der Waals surface area contributed by atoms with Crippen LogP contribution in [-0.4, -0.2) is 20.7 Å². The number of nitrogens with one attached hydrogen (secondary N) is 1. The quantitative estimate of drug-likeness (QED) is 0.664. The molecule has 3 atom stereocenters. The molecular formula is C15H26N4O2. The number of aromatic nitrogens is 2. The highest BCUT2D eigenvalue weighted by molar-refractivity contribution is 5.61. The summed E-state index contributed by atoms with van der Waals surface area (Å²) >= 11 is 0. The molecule has 21 heavy (non-hydrogen) atoms. The van der Waals surface area contributed by atoms with Crippen molar-refractivity contribution in [3.05, 3.63) is 15.8 Å². The molecule has 1 aliphatic rings. The van der Waals surface area contributed by atoms with Gasteiger partial charge in [-0.3, -0.25) is 10.1 Å². The Labute approximate surface area is 126 Å². The van der Waals surface area contributed by atoms with Crippen LogP contribution in [0, 0.1) is 22.0 Å². The van der Waals surface area contributed by atoms with Gasteiger partial charge in [0.2, 0.25) is 5.82 Å². The molecule has 0 bridgehead atoms. The monoisotopic (exact) mass is 294 g/mol. The van der Waals surface area contributed by atoms with E-state index in [4.69, 9.17) is 0 Å². The summed E-state index contributed by atoms with van der Waals surface area (Å²) in [5.74, 6) is 1.83. The second-order valence-corrected chi connectivity index (χ2v) is 6.47. The van der Waals surface area contributed by atoms with Crippen LogP contribution in [0.15, 0.2) is 0 Å². The molecule has 0 saturated heterocycles. The van der Waals surface area contributed by atoms with E-state index in [1.165, 1.54) is 12.8 Å². The fourth-order valence-electron chi connectivity index (χ4n) is 3.47. The van der Waals surface area contributed by atoms with Gasteiger partial charge >= 0.3 is 5.69 Å². The number of nitrogens with zero attached hydrogens (tertiary/aromatic N) is 3. The van der Waals surface area contributed by atoms with Crippen molar-refractivity contribution >= 4 is 11.5 Å². The van der Waals surface area contributed by atoms with Crippen molar-refractivity contribution in [2.45, 2.75) is 58.9 Å². The zero-order valence-corrected chi connectivity index (χ0v) is 13.6. The molecule has 1 aromatic rings. The molecule has 1 heterocycles. The summed E-state index contributed by atoms with van der Waals surface area (Å²) in [6.45, 7) is 8.33. The molecule has 0 aromatic carbocycles. The zero-order valence-electron chi connectivity index (χ0n) is 13.6. The third-order valence-corrected chi connectivity index (χ3v) is 4.85. The Morgan fingerprint density at radius 3 is 2.62 bits per heavy atom. The number of rotatable bonds is 5. The van der Waals surface area contributed by atoms with Crippen molar-refractivity contribution in [3.8, 4) is 0 Å². The Kier molecular flexibility index (Phi) is 4.54. The van der Waals surface area contributed by atoms with Crippen molar-refractivity contribution in [1.29, 1.82) is 0 Å². The normalized spacial score (nSPS) is 25.5. The van der Waals surface area contributed by atoms with Crippen LogP contribution < -0.4 is 5.32 Å². The maximum Gasteiger partial charge on any atom is 0.334 e. The van der Waals surface area contributed by atoms with Gasteiger partial charge in [-0.25, -0.2) is 4.68 Å². The van der Waals surface area contributed by atoms with Crippen LogP contribution >= 0.6 is 0 Å². The Balaban J connectivity index is 2.30. The van der Waals surface area contributed by atoms with Crippen molar-refractivity contribution in [2.24, 2.45) is 18.9 Å². The van der Waals surface area contributed by atoms with E-state index >= 15 is 0 Å². The zero-order chi connectivity index (χ0) is 15.7. The number of anilines is 1. The molecule has 0 amide bonds. The smallest absolute Gasteiger partial charge is 0.334 e. The van der Waals surface area contributed by atoms with Crippen molar-refractivity contribution in [3.63, 3.8) is 0 Å². The summed E-state index contributed by atoms with van der Waals surface area (Å²) in [4.78, 5) is 11.1. The van der Waals surface area contributed by atoms with Gasteiger partial charge in [0.25, 0.3) is 0 Å². The molecule has 6 nitrogen and oxygen atoms in total. The number of hydrogen-bond donors (Lipinski definition) is 1. The predicted octanol–water partition coefficient (Wildman–Crippen LogP) is 3.69. The molecule has 1 N–H and O–H groups in total. The standard InChI is InChI=1S/C15H26N4O2/c1-6-11-7-8-12(10(11)4)16-15-14(19(20)21)13(9(2)3)17-18(15)5/h9-12,16H,6-8H2,1-5H3. The van der Waals surface area contributed by atoms with Gasteiger partial charge in [-0.1, -0.05) is 34.1 Å². The van der Waals surface area contributed by atoms with Gasteiger partial charge in [0, 0.05) is 19.0 Å².